The third-order valence-corrected chi connectivity index (χ3v) is 2.58. The molecule has 0 unspecified atom stereocenters. The molecule has 2 aromatic rings. The van der Waals surface area contributed by atoms with Gasteiger partial charge >= 0.3 is 0 Å². The van der Waals surface area contributed by atoms with Gasteiger partial charge < -0.3 is 5.32 Å². The summed E-state index contributed by atoms with van der Waals surface area (Å²) in [6, 6.07) is 9.97. The van der Waals surface area contributed by atoms with Gasteiger partial charge in [-0.25, -0.2) is 0 Å². The molecule has 2 rings (SSSR count). The van der Waals surface area contributed by atoms with E-state index < -0.39 is 0 Å². The highest BCUT2D eigenvalue weighted by molar-refractivity contribution is 5.29. The van der Waals surface area contributed by atoms with Crippen LogP contribution in [0.1, 0.15) is 24.7 Å². The minimum Gasteiger partial charge on any atom is -0.311 e. The van der Waals surface area contributed by atoms with Crippen LogP contribution < -0.4 is 5.32 Å². The van der Waals surface area contributed by atoms with Crippen molar-refractivity contribution in [2.75, 3.05) is 6.54 Å². The molecule has 0 fully saturated rings. The van der Waals surface area contributed by atoms with E-state index in [2.05, 4.69) is 22.4 Å². The van der Waals surface area contributed by atoms with E-state index in [-0.39, 0.29) is 0 Å². The Kier molecular flexibility index (Phi) is 3.88. The number of aryl methyl sites for hydroxylation is 1. The number of benzene rings is 1. The molecule has 1 aromatic heterocycles. The van der Waals surface area contributed by atoms with E-state index in [1.165, 1.54) is 0 Å². The van der Waals surface area contributed by atoms with Crippen molar-refractivity contribution in [3.63, 3.8) is 0 Å². The summed E-state index contributed by atoms with van der Waals surface area (Å²) >= 11 is 0. The molecule has 0 aliphatic carbocycles. The largest absolute Gasteiger partial charge is 0.311 e. The number of hydrogen-bond donors (Lipinski definition) is 1. The van der Waals surface area contributed by atoms with Gasteiger partial charge in [-0.3, -0.25) is 0 Å². The molecule has 17 heavy (non-hydrogen) atoms. The van der Waals surface area contributed by atoms with Gasteiger partial charge in [-0.05, 0) is 32.0 Å². The first-order valence-corrected chi connectivity index (χ1v) is 6.00. The van der Waals surface area contributed by atoms with Gasteiger partial charge in [-0.15, -0.1) is 0 Å². The van der Waals surface area contributed by atoms with Crippen LogP contribution in [-0.2, 0) is 6.54 Å². The maximum atomic E-state index is 4.49. The normalized spacial score (nSPS) is 10.7. The highest BCUT2D eigenvalue weighted by Gasteiger charge is 2.07. The Morgan fingerprint density at radius 3 is 2.65 bits per heavy atom. The van der Waals surface area contributed by atoms with Gasteiger partial charge in [-0.2, -0.15) is 15.0 Å². The Morgan fingerprint density at radius 1 is 1.18 bits per heavy atom. The third kappa shape index (κ3) is 2.91. The van der Waals surface area contributed by atoms with Crippen LogP contribution in [0.2, 0.25) is 0 Å². The minimum absolute atomic E-state index is 0.784. The van der Waals surface area contributed by atoms with Gasteiger partial charge in [-0.1, -0.05) is 25.1 Å². The second-order valence-electron chi connectivity index (χ2n) is 4.03. The van der Waals surface area contributed by atoms with Crippen molar-refractivity contribution < 1.29 is 0 Å². The molecule has 0 bridgehead atoms. The molecule has 90 valence electrons. The fourth-order valence-electron chi connectivity index (χ4n) is 1.63. The predicted molar refractivity (Wildman–Crippen MR) is 68.1 cm³/mol. The molecule has 0 amide bonds. The lowest BCUT2D eigenvalue weighted by Crippen LogP contribution is -2.15. The Morgan fingerprint density at radius 2 is 1.94 bits per heavy atom. The van der Waals surface area contributed by atoms with Crippen molar-refractivity contribution in [2.45, 2.75) is 26.8 Å². The first-order chi connectivity index (χ1) is 8.31. The van der Waals surface area contributed by atoms with Crippen LogP contribution in [0.5, 0.6) is 0 Å². The number of aromatic nitrogens is 3. The molecule has 1 N–H and O–H groups in total. The summed E-state index contributed by atoms with van der Waals surface area (Å²) in [6.07, 6.45) is 1.13. The molecule has 4 heteroatoms. The molecule has 0 radical (unpaired) electrons. The quantitative estimate of drug-likeness (QED) is 0.800. The van der Waals surface area contributed by atoms with Crippen molar-refractivity contribution in [3.8, 4) is 5.69 Å². The number of nitrogens with one attached hydrogen (secondary N) is 1. The predicted octanol–water partition coefficient (Wildman–Crippen LogP) is 2.08. The van der Waals surface area contributed by atoms with E-state index in [9.17, 15) is 0 Å². The first kappa shape index (κ1) is 11.8. The van der Waals surface area contributed by atoms with Crippen molar-refractivity contribution >= 4 is 0 Å². The average Bonchev–Trinajstić information content (AvgIpc) is 2.73. The highest BCUT2D eigenvalue weighted by Crippen LogP contribution is 2.07. The van der Waals surface area contributed by atoms with E-state index in [4.69, 9.17) is 0 Å². The number of rotatable bonds is 5. The van der Waals surface area contributed by atoms with Crippen LogP contribution in [0.4, 0.5) is 0 Å². The lowest BCUT2D eigenvalue weighted by atomic mass is 10.3. The van der Waals surface area contributed by atoms with Crippen LogP contribution in [0.25, 0.3) is 5.69 Å². The lowest BCUT2D eigenvalue weighted by molar-refractivity contribution is 0.651. The fraction of sp³-hybridized carbons (Fsp3) is 0.385. The molecule has 0 spiro atoms. The second kappa shape index (κ2) is 5.59. The fourth-order valence-corrected chi connectivity index (χ4v) is 1.63. The summed E-state index contributed by atoms with van der Waals surface area (Å²) < 4.78 is 0. The smallest absolute Gasteiger partial charge is 0.0998 e. The van der Waals surface area contributed by atoms with Crippen LogP contribution in [0.3, 0.4) is 0 Å². The summed E-state index contributed by atoms with van der Waals surface area (Å²) in [6.45, 7) is 5.94. The van der Waals surface area contributed by atoms with Gasteiger partial charge in [0, 0.05) is 6.54 Å². The second-order valence-corrected chi connectivity index (χ2v) is 4.03. The molecule has 0 aliphatic heterocycles. The third-order valence-electron chi connectivity index (χ3n) is 2.58. The zero-order valence-electron chi connectivity index (χ0n) is 10.3. The standard InChI is InChI=1S/C13H18N4/c1-3-9-14-10-13-11(2)15-17(16-13)12-7-5-4-6-8-12/h4-8,14H,3,9-10H2,1-2H3. The summed E-state index contributed by atoms with van der Waals surface area (Å²) in [5, 5.41) is 12.3. The number of para-hydroxylation sites is 1. The topological polar surface area (TPSA) is 42.7 Å². The van der Waals surface area contributed by atoms with E-state index in [0.29, 0.717) is 0 Å². The maximum Gasteiger partial charge on any atom is 0.0998 e. The molecule has 0 saturated carbocycles. The molecular formula is C13H18N4. The van der Waals surface area contributed by atoms with Crippen molar-refractivity contribution in [2.24, 2.45) is 0 Å². The van der Waals surface area contributed by atoms with Gasteiger partial charge in [0.15, 0.2) is 0 Å². The van der Waals surface area contributed by atoms with Crippen molar-refractivity contribution in [1.82, 2.24) is 20.3 Å². The van der Waals surface area contributed by atoms with Crippen LogP contribution in [-0.4, -0.2) is 21.5 Å². The molecule has 1 heterocycles. The molecular weight excluding hydrogens is 212 g/mol. The van der Waals surface area contributed by atoms with Crippen LogP contribution in [0.15, 0.2) is 30.3 Å². The van der Waals surface area contributed by atoms with Crippen molar-refractivity contribution in [3.05, 3.63) is 41.7 Å². The minimum atomic E-state index is 0.784. The molecule has 0 atom stereocenters. The van der Waals surface area contributed by atoms with Crippen molar-refractivity contribution in [1.29, 1.82) is 0 Å². The molecule has 1 aromatic carbocycles. The number of hydrogen-bond acceptors (Lipinski definition) is 3. The Labute approximate surface area is 102 Å². The summed E-state index contributed by atoms with van der Waals surface area (Å²) in [7, 11) is 0. The van der Waals surface area contributed by atoms with Crippen LogP contribution in [0, 0.1) is 6.92 Å². The van der Waals surface area contributed by atoms with E-state index >= 15 is 0 Å². The zero-order valence-corrected chi connectivity index (χ0v) is 10.3. The number of nitrogens with zero attached hydrogens (tertiary/aromatic N) is 3. The SMILES string of the molecule is CCCNCc1nn(-c2ccccc2)nc1C. The van der Waals surface area contributed by atoms with Crippen LogP contribution >= 0.6 is 0 Å². The summed E-state index contributed by atoms with van der Waals surface area (Å²) in [5.74, 6) is 0. The van der Waals surface area contributed by atoms with Gasteiger partial charge in [0.1, 0.15) is 0 Å². The van der Waals surface area contributed by atoms with E-state index in [1.807, 2.05) is 37.3 Å². The lowest BCUT2D eigenvalue weighted by Gasteiger charge is -1.99. The summed E-state index contributed by atoms with van der Waals surface area (Å²) in [4.78, 5) is 1.69. The van der Waals surface area contributed by atoms with E-state index in [1.54, 1.807) is 4.80 Å². The first-order valence-electron chi connectivity index (χ1n) is 6.00. The molecule has 4 nitrogen and oxygen atoms in total. The Balaban J connectivity index is 2.13. The Hall–Kier alpha value is -1.68. The van der Waals surface area contributed by atoms with Gasteiger partial charge in [0.25, 0.3) is 0 Å². The monoisotopic (exact) mass is 230 g/mol. The van der Waals surface area contributed by atoms with Gasteiger partial charge in [0.2, 0.25) is 0 Å². The van der Waals surface area contributed by atoms with Gasteiger partial charge in [0.05, 0.1) is 17.1 Å². The molecule has 0 saturated heterocycles. The highest BCUT2D eigenvalue weighted by atomic mass is 15.5. The molecule has 0 aliphatic rings. The average molecular weight is 230 g/mol. The maximum absolute atomic E-state index is 4.49. The zero-order chi connectivity index (χ0) is 12.1. The summed E-state index contributed by atoms with van der Waals surface area (Å²) in [5.41, 5.74) is 3.00. The Bertz CT molecular complexity index is 462. The van der Waals surface area contributed by atoms with E-state index in [0.717, 1.165) is 36.6 Å².